The number of nitrogens with one attached hydrogen (secondary N) is 1. The van der Waals surface area contributed by atoms with Crippen LogP contribution in [0.3, 0.4) is 0 Å². The molecule has 0 unspecified atom stereocenters. The van der Waals surface area contributed by atoms with E-state index in [2.05, 4.69) is 10.3 Å². The van der Waals surface area contributed by atoms with Gasteiger partial charge in [-0.05, 0) is 43.2 Å². The number of hydrogen-bond donors (Lipinski definition) is 1. The molecule has 0 saturated carbocycles. The second-order valence-corrected chi connectivity index (χ2v) is 7.00. The first-order valence-electron chi connectivity index (χ1n) is 9.24. The molecule has 7 nitrogen and oxygen atoms in total. The third-order valence-corrected chi connectivity index (χ3v) is 4.89. The number of aromatic nitrogens is 1. The Morgan fingerprint density at radius 3 is 2.32 bits per heavy atom. The van der Waals surface area contributed by atoms with Gasteiger partial charge in [-0.2, -0.15) is 0 Å². The third-order valence-electron chi connectivity index (χ3n) is 4.89. The number of carbonyl (C=O) groups is 3. The number of carbonyl (C=O) groups excluding carboxylic acids is 3. The highest BCUT2D eigenvalue weighted by Gasteiger charge is 2.24. The van der Waals surface area contributed by atoms with Crippen LogP contribution in [0.5, 0.6) is 0 Å². The molecule has 1 N–H and O–H groups in total. The molecule has 1 aromatic heterocycles. The highest BCUT2D eigenvalue weighted by atomic mass is 16.2. The van der Waals surface area contributed by atoms with Crippen LogP contribution < -0.4 is 5.32 Å². The first kappa shape index (κ1) is 19.5. The van der Waals surface area contributed by atoms with E-state index in [1.807, 2.05) is 32.0 Å². The minimum Gasteiger partial charge on any atom is -0.339 e. The highest BCUT2D eigenvalue weighted by Crippen LogP contribution is 2.18. The quantitative estimate of drug-likeness (QED) is 0.885. The lowest BCUT2D eigenvalue weighted by molar-refractivity contribution is -0.130. The maximum atomic E-state index is 12.7. The second kappa shape index (κ2) is 8.21. The van der Waals surface area contributed by atoms with E-state index in [4.69, 9.17) is 0 Å². The Bertz CT molecular complexity index is 918. The number of piperazine rings is 1. The summed E-state index contributed by atoms with van der Waals surface area (Å²) in [7, 11) is 0. The van der Waals surface area contributed by atoms with E-state index < -0.39 is 0 Å². The summed E-state index contributed by atoms with van der Waals surface area (Å²) in [6, 6.07) is 8.95. The Labute approximate surface area is 164 Å². The Morgan fingerprint density at radius 2 is 1.64 bits per heavy atom. The van der Waals surface area contributed by atoms with Gasteiger partial charge in [0.1, 0.15) is 5.69 Å². The Balaban J connectivity index is 1.71. The summed E-state index contributed by atoms with van der Waals surface area (Å²) in [5, 5.41) is 2.90. The molecule has 28 heavy (non-hydrogen) atoms. The molecule has 0 aliphatic carbocycles. The molecule has 1 fully saturated rings. The second-order valence-electron chi connectivity index (χ2n) is 7.00. The highest BCUT2D eigenvalue weighted by molar-refractivity contribution is 6.06. The minimum absolute atomic E-state index is 0.00957. The topological polar surface area (TPSA) is 82.6 Å². The van der Waals surface area contributed by atoms with Crippen molar-refractivity contribution < 1.29 is 14.4 Å². The summed E-state index contributed by atoms with van der Waals surface area (Å²) in [6.07, 6.45) is 1.47. The number of benzene rings is 1. The summed E-state index contributed by atoms with van der Waals surface area (Å²) in [5.41, 5.74) is 3.37. The smallest absolute Gasteiger partial charge is 0.272 e. The van der Waals surface area contributed by atoms with E-state index in [0.29, 0.717) is 31.7 Å². The maximum absolute atomic E-state index is 12.7. The van der Waals surface area contributed by atoms with Gasteiger partial charge in [-0.25, -0.2) is 0 Å². The zero-order valence-electron chi connectivity index (χ0n) is 16.4. The molecule has 1 aromatic carbocycles. The fraction of sp³-hybridized carbons (Fsp3) is 0.333. The lowest BCUT2D eigenvalue weighted by Crippen LogP contribution is -2.50. The van der Waals surface area contributed by atoms with Crippen LogP contribution in [0.15, 0.2) is 36.5 Å². The average molecular weight is 380 g/mol. The molecule has 0 atom stereocenters. The van der Waals surface area contributed by atoms with Crippen LogP contribution in [0.2, 0.25) is 0 Å². The van der Waals surface area contributed by atoms with Crippen molar-refractivity contribution in [1.29, 1.82) is 0 Å². The molecule has 3 amide bonds. The van der Waals surface area contributed by atoms with Gasteiger partial charge in [-0.15, -0.1) is 0 Å². The van der Waals surface area contributed by atoms with Crippen LogP contribution >= 0.6 is 0 Å². The molecule has 1 saturated heterocycles. The predicted molar refractivity (Wildman–Crippen MR) is 106 cm³/mol. The Kier molecular flexibility index (Phi) is 5.73. The van der Waals surface area contributed by atoms with E-state index >= 15 is 0 Å². The van der Waals surface area contributed by atoms with E-state index in [9.17, 15) is 14.4 Å². The first-order chi connectivity index (χ1) is 13.3. The standard InChI is InChI=1S/C21H24N4O3/c1-14-4-5-15(2)18(12-14)23-20(27)17-6-7-22-19(13-17)21(28)25-10-8-24(9-11-25)16(3)26/h4-7,12-13H,8-11H2,1-3H3,(H,23,27). The van der Waals surface area contributed by atoms with Crippen molar-refractivity contribution in [3.63, 3.8) is 0 Å². The van der Waals surface area contributed by atoms with Crippen LogP contribution in [-0.4, -0.2) is 58.7 Å². The van der Waals surface area contributed by atoms with Gasteiger partial charge in [0, 0.05) is 50.6 Å². The summed E-state index contributed by atoms with van der Waals surface area (Å²) in [4.78, 5) is 44.3. The maximum Gasteiger partial charge on any atom is 0.272 e. The Morgan fingerprint density at radius 1 is 0.964 bits per heavy atom. The van der Waals surface area contributed by atoms with Gasteiger partial charge in [0.25, 0.3) is 11.8 Å². The SMILES string of the molecule is CC(=O)N1CCN(C(=O)c2cc(C(=O)Nc3cc(C)ccc3C)ccn2)CC1. The number of hydrogen-bond acceptors (Lipinski definition) is 4. The largest absolute Gasteiger partial charge is 0.339 e. The van der Waals surface area contributed by atoms with Crippen molar-refractivity contribution in [2.24, 2.45) is 0 Å². The van der Waals surface area contributed by atoms with E-state index in [1.54, 1.807) is 15.9 Å². The van der Waals surface area contributed by atoms with Gasteiger partial charge < -0.3 is 15.1 Å². The molecule has 146 valence electrons. The van der Waals surface area contributed by atoms with Crippen LogP contribution in [0.4, 0.5) is 5.69 Å². The van der Waals surface area contributed by atoms with Crippen molar-refractivity contribution >= 4 is 23.4 Å². The molecule has 7 heteroatoms. The monoisotopic (exact) mass is 380 g/mol. The first-order valence-corrected chi connectivity index (χ1v) is 9.24. The molecule has 1 aliphatic heterocycles. The van der Waals surface area contributed by atoms with Crippen molar-refractivity contribution in [1.82, 2.24) is 14.8 Å². The molecular formula is C21H24N4O3. The lowest BCUT2D eigenvalue weighted by atomic mass is 10.1. The molecule has 2 aromatic rings. The fourth-order valence-electron chi connectivity index (χ4n) is 3.14. The summed E-state index contributed by atoms with van der Waals surface area (Å²) in [5.74, 6) is -0.508. The normalized spacial score (nSPS) is 14.0. The van der Waals surface area contributed by atoms with Crippen molar-refractivity contribution in [3.8, 4) is 0 Å². The predicted octanol–water partition coefficient (Wildman–Crippen LogP) is 2.26. The molecule has 1 aliphatic rings. The van der Waals surface area contributed by atoms with Crippen LogP contribution in [0.25, 0.3) is 0 Å². The lowest BCUT2D eigenvalue weighted by Gasteiger charge is -2.34. The third kappa shape index (κ3) is 4.36. The molecular weight excluding hydrogens is 356 g/mol. The van der Waals surface area contributed by atoms with Crippen molar-refractivity contribution in [2.75, 3.05) is 31.5 Å². The van der Waals surface area contributed by atoms with E-state index in [-0.39, 0.29) is 23.4 Å². The van der Waals surface area contributed by atoms with Gasteiger partial charge in [0.05, 0.1) is 0 Å². The zero-order chi connectivity index (χ0) is 20.3. The summed E-state index contributed by atoms with van der Waals surface area (Å²) >= 11 is 0. The van der Waals surface area contributed by atoms with Gasteiger partial charge in [0.15, 0.2) is 0 Å². The molecule has 0 spiro atoms. The average Bonchev–Trinajstić information content (AvgIpc) is 2.70. The van der Waals surface area contributed by atoms with Crippen LogP contribution in [-0.2, 0) is 4.79 Å². The van der Waals surface area contributed by atoms with E-state index in [1.165, 1.54) is 19.2 Å². The minimum atomic E-state index is -0.286. The number of rotatable bonds is 3. The van der Waals surface area contributed by atoms with Crippen molar-refractivity contribution in [2.45, 2.75) is 20.8 Å². The molecule has 0 radical (unpaired) electrons. The zero-order valence-corrected chi connectivity index (χ0v) is 16.4. The Hall–Kier alpha value is -3.22. The van der Waals surface area contributed by atoms with E-state index in [0.717, 1.165) is 16.8 Å². The number of pyridine rings is 1. The summed E-state index contributed by atoms with van der Waals surface area (Å²) < 4.78 is 0. The number of aryl methyl sites for hydroxylation is 2. The van der Waals surface area contributed by atoms with Crippen LogP contribution in [0, 0.1) is 13.8 Å². The van der Waals surface area contributed by atoms with Gasteiger partial charge in [-0.3, -0.25) is 19.4 Å². The molecule has 0 bridgehead atoms. The molecule has 3 rings (SSSR count). The van der Waals surface area contributed by atoms with Gasteiger partial charge in [-0.1, -0.05) is 12.1 Å². The summed E-state index contributed by atoms with van der Waals surface area (Å²) in [6.45, 7) is 7.35. The molecule has 2 heterocycles. The van der Waals surface area contributed by atoms with Crippen LogP contribution in [0.1, 0.15) is 38.9 Å². The van der Waals surface area contributed by atoms with Gasteiger partial charge >= 0.3 is 0 Å². The number of amides is 3. The number of anilines is 1. The fourth-order valence-corrected chi connectivity index (χ4v) is 3.14. The van der Waals surface area contributed by atoms with Gasteiger partial charge in [0.2, 0.25) is 5.91 Å². The van der Waals surface area contributed by atoms with Crippen molar-refractivity contribution in [3.05, 3.63) is 58.9 Å². The number of nitrogens with zero attached hydrogens (tertiary/aromatic N) is 3.